The van der Waals surface area contributed by atoms with E-state index >= 15 is 0 Å². The van der Waals surface area contributed by atoms with Crippen LogP contribution in [0.25, 0.3) is 0 Å². The van der Waals surface area contributed by atoms with Gasteiger partial charge in [0.05, 0.1) is 31.9 Å². The first-order valence-corrected chi connectivity index (χ1v) is 14.9. The SMILES string of the molecule is C/C=C(/C)C1(OC)CC1(/C=C/CN1C(=O)Cc2c(N3CCOCC3)nc(Nc3nc(C)c(C(=O)OCC)s3)nc21)OC. The summed E-state index contributed by atoms with van der Waals surface area (Å²) in [6.07, 6.45) is 6.88. The van der Waals surface area contributed by atoms with Crippen molar-refractivity contribution < 1.29 is 28.5 Å². The molecule has 2 aliphatic heterocycles. The molecule has 2 unspecified atom stereocenters. The molecule has 2 fully saturated rings. The van der Waals surface area contributed by atoms with Crippen LogP contribution in [0.4, 0.5) is 22.7 Å². The van der Waals surface area contributed by atoms with E-state index in [-0.39, 0.29) is 18.9 Å². The average Bonchev–Trinajstić information content (AvgIpc) is 3.36. The van der Waals surface area contributed by atoms with Crippen molar-refractivity contribution in [2.45, 2.75) is 51.7 Å². The summed E-state index contributed by atoms with van der Waals surface area (Å²) in [4.78, 5) is 43.9. The van der Waals surface area contributed by atoms with Crippen LogP contribution in [-0.2, 0) is 30.2 Å². The highest BCUT2D eigenvalue weighted by atomic mass is 32.1. The molecule has 1 N–H and O–H groups in total. The molecule has 5 rings (SSSR count). The monoisotopic (exact) mass is 598 g/mol. The number of rotatable bonds is 11. The lowest BCUT2D eigenvalue weighted by Gasteiger charge is -2.29. The summed E-state index contributed by atoms with van der Waals surface area (Å²) in [6.45, 7) is 10.6. The van der Waals surface area contributed by atoms with Gasteiger partial charge in [0, 0.05) is 45.8 Å². The minimum atomic E-state index is -0.597. The molecule has 1 saturated heterocycles. The molecular formula is C29H38N6O6S. The Morgan fingerprint density at radius 1 is 1.17 bits per heavy atom. The minimum Gasteiger partial charge on any atom is -0.462 e. The maximum atomic E-state index is 13.3. The Labute approximate surface area is 249 Å². The number of allylic oxidation sites excluding steroid dienone is 1. The zero-order valence-corrected chi connectivity index (χ0v) is 25.8. The first-order chi connectivity index (χ1) is 20.2. The molecule has 1 amide bonds. The summed E-state index contributed by atoms with van der Waals surface area (Å²) in [5.74, 6) is 1.06. The third kappa shape index (κ3) is 5.30. The number of methoxy groups -OCH3 is 2. The van der Waals surface area contributed by atoms with E-state index in [9.17, 15) is 9.59 Å². The number of anilines is 4. The van der Waals surface area contributed by atoms with Gasteiger partial charge in [-0.25, -0.2) is 9.78 Å². The predicted molar refractivity (Wildman–Crippen MR) is 160 cm³/mol. The van der Waals surface area contributed by atoms with Crippen LogP contribution < -0.4 is 15.1 Å². The normalized spacial score (nSPS) is 24.0. The van der Waals surface area contributed by atoms with Gasteiger partial charge < -0.3 is 23.8 Å². The molecule has 12 nitrogen and oxygen atoms in total. The second-order valence-electron chi connectivity index (χ2n) is 10.4. The highest BCUT2D eigenvalue weighted by Gasteiger charge is 2.69. The summed E-state index contributed by atoms with van der Waals surface area (Å²) >= 11 is 1.18. The van der Waals surface area contributed by atoms with Crippen LogP contribution in [0.5, 0.6) is 0 Å². The van der Waals surface area contributed by atoms with E-state index in [2.05, 4.69) is 15.2 Å². The smallest absolute Gasteiger partial charge is 0.350 e. The van der Waals surface area contributed by atoms with Crippen molar-refractivity contribution >= 4 is 45.9 Å². The molecular weight excluding hydrogens is 560 g/mol. The summed E-state index contributed by atoms with van der Waals surface area (Å²) in [5, 5.41) is 3.63. The predicted octanol–water partition coefficient (Wildman–Crippen LogP) is 3.58. The van der Waals surface area contributed by atoms with Crippen LogP contribution in [0, 0.1) is 6.92 Å². The van der Waals surface area contributed by atoms with E-state index in [1.54, 1.807) is 33.0 Å². The van der Waals surface area contributed by atoms with Crippen molar-refractivity contribution in [2.24, 2.45) is 0 Å². The molecule has 1 aliphatic carbocycles. The first-order valence-electron chi connectivity index (χ1n) is 14.1. The molecule has 0 radical (unpaired) electrons. The van der Waals surface area contributed by atoms with Gasteiger partial charge in [0.15, 0.2) is 5.13 Å². The number of ether oxygens (including phenoxy) is 4. The number of hydrogen-bond donors (Lipinski definition) is 1. The van der Waals surface area contributed by atoms with Crippen LogP contribution in [0.3, 0.4) is 0 Å². The van der Waals surface area contributed by atoms with Gasteiger partial charge in [0.1, 0.15) is 27.7 Å². The second-order valence-corrected chi connectivity index (χ2v) is 11.4. The topological polar surface area (TPSA) is 128 Å². The maximum Gasteiger partial charge on any atom is 0.350 e. The number of thiazole rings is 1. The lowest BCUT2D eigenvalue weighted by Crippen LogP contribution is -2.37. The highest BCUT2D eigenvalue weighted by molar-refractivity contribution is 7.17. The lowest BCUT2D eigenvalue weighted by atomic mass is 10.0. The lowest BCUT2D eigenvalue weighted by molar-refractivity contribution is -0.117. The van der Waals surface area contributed by atoms with Crippen LogP contribution >= 0.6 is 11.3 Å². The van der Waals surface area contributed by atoms with E-state index in [1.807, 2.05) is 32.1 Å². The van der Waals surface area contributed by atoms with Gasteiger partial charge in [-0.1, -0.05) is 29.6 Å². The number of carbonyl (C=O) groups is 2. The molecule has 4 heterocycles. The Morgan fingerprint density at radius 3 is 2.57 bits per heavy atom. The van der Waals surface area contributed by atoms with E-state index in [1.165, 1.54) is 11.3 Å². The quantitative estimate of drug-likeness (QED) is 0.301. The molecule has 2 atom stereocenters. The van der Waals surface area contributed by atoms with Gasteiger partial charge in [-0.15, -0.1) is 0 Å². The Kier molecular flexibility index (Phi) is 8.65. The number of aryl methyl sites for hydroxylation is 1. The van der Waals surface area contributed by atoms with Crippen LogP contribution in [0.1, 0.15) is 48.1 Å². The van der Waals surface area contributed by atoms with E-state index in [0.717, 1.165) is 11.1 Å². The van der Waals surface area contributed by atoms with Crippen molar-refractivity contribution in [3.05, 3.63) is 39.9 Å². The minimum absolute atomic E-state index is 0.0600. The molecule has 0 spiro atoms. The van der Waals surface area contributed by atoms with Crippen LogP contribution in [0.15, 0.2) is 23.8 Å². The number of fused-ring (bicyclic) bond motifs is 1. The number of morpholine rings is 1. The number of carbonyl (C=O) groups excluding carboxylic acids is 2. The summed E-state index contributed by atoms with van der Waals surface area (Å²) in [6, 6.07) is 0. The molecule has 2 aromatic heterocycles. The van der Waals surface area contributed by atoms with Crippen molar-refractivity contribution in [3.8, 4) is 0 Å². The number of aromatic nitrogens is 3. The second kappa shape index (κ2) is 12.1. The zero-order valence-electron chi connectivity index (χ0n) is 25.0. The van der Waals surface area contributed by atoms with E-state index in [4.69, 9.17) is 28.9 Å². The standard InChI is InChI=1S/C29H38N6O6S/c1-7-18(3)29(39-6)17-28(29,38-5)10-9-11-35-21(36)16-20-23(34-12-14-40-15-13-34)31-26(32-24(20)35)33-27-30-19(4)22(42-27)25(37)41-8-2/h7,9-10H,8,11-17H2,1-6H3,(H,30,31,32,33)/b10-9+,18-7-. The van der Waals surface area contributed by atoms with Crippen LogP contribution in [-0.4, -0.2) is 91.7 Å². The van der Waals surface area contributed by atoms with Gasteiger partial charge in [-0.05, 0) is 33.3 Å². The molecule has 13 heteroatoms. The Morgan fingerprint density at radius 2 is 1.90 bits per heavy atom. The average molecular weight is 599 g/mol. The van der Waals surface area contributed by atoms with Gasteiger partial charge in [-0.2, -0.15) is 9.97 Å². The summed E-state index contributed by atoms with van der Waals surface area (Å²) in [7, 11) is 3.37. The Balaban J connectivity index is 1.45. The Bertz CT molecular complexity index is 1420. The summed E-state index contributed by atoms with van der Waals surface area (Å²) in [5.41, 5.74) is 1.33. The van der Waals surface area contributed by atoms with Gasteiger partial charge in [0.2, 0.25) is 11.9 Å². The number of nitrogens with one attached hydrogen (secondary N) is 1. The van der Waals surface area contributed by atoms with Gasteiger partial charge in [0.25, 0.3) is 0 Å². The van der Waals surface area contributed by atoms with Crippen molar-refractivity contribution in [1.82, 2.24) is 15.0 Å². The molecule has 1 saturated carbocycles. The zero-order chi connectivity index (χ0) is 30.1. The molecule has 2 aromatic rings. The number of hydrogen-bond acceptors (Lipinski definition) is 12. The van der Waals surface area contributed by atoms with Crippen molar-refractivity contribution in [2.75, 3.05) is 68.8 Å². The number of amides is 1. The molecule has 0 aromatic carbocycles. The fourth-order valence-corrected chi connectivity index (χ4v) is 6.56. The van der Waals surface area contributed by atoms with Crippen molar-refractivity contribution in [1.29, 1.82) is 0 Å². The third-order valence-electron chi connectivity index (χ3n) is 8.16. The number of nitrogens with zero attached hydrogens (tertiary/aromatic N) is 5. The van der Waals surface area contributed by atoms with Gasteiger partial charge >= 0.3 is 5.97 Å². The fraction of sp³-hybridized carbons (Fsp3) is 0.552. The maximum absolute atomic E-state index is 13.3. The molecule has 0 bridgehead atoms. The molecule has 226 valence electrons. The first kappa shape index (κ1) is 30.1. The van der Waals surface area contributed by atoms with E-state index < -0.39 is 17.2 Å². The van der Waals surface area contributed by atoms with Crippen molar-refractivity contribution in [3.63, 3.8) is 0 Å². The molecule has 3 aliphatic rings. The largest absolute Gasteiger partial charge is 0.462 e. The summed E-state index contributed by atoms with van der Waals surface area (Å²) < 4.78 is 22.5. The fourth-order valence-electron chi connectivity index (χ4n) is 5.70. The highest BCUT2D eigenvalue weighted by Crippen LogP contribution is 2.58. The number of esters is 1. The van der Waals surface area contributed by atoms with E-state index in [0.29, 0.717) is 72.6 Å². The van der Waals surface area contributed by atoms with Crippen LogP contribution in [0.2, 0.25) is 0 Å². The Hall–Kier alpha value is -3.39. The molecule has 42 heavy (non-hydrogen) atoms. The van der Waals surface area contributed by atoms with Gasteiger partial charge in [-0.3, -0.25) is 15.0 Å². The third-order valence-corrected chi connectivity index (χ3v) is 9.22.